The Kier molecular flexibility index (Phi) is 3.10. The first kappa shape index (κ1) is 11.2. The zero-order valence-electron chi connectivity index (χ0n) is 8.77. The Bertz CT molecular complexity index is 561. The van der Waals surface area contributed by atoms with Gasteiger partial charge in [-0.05, 0) is 17.7 Å². The van der Waals surface area contributed by atoms with Gasteiger partial charge in [-0.1, -0.05) is 30.3 Å². The molecule has 0 saturated heterocycles. The zero-order chi connectivity index (χ0) is 12.3. The molecular weight excluding hydrogens is 222 g/mol. The lowest BCUT2D eigenvalue weighted by Crippen LogP contribution is -2.05. The highest BCUT2D eigenvalue weighted by Gasteiger charge is 2.19. The van der Waals surface area contributed by atoms with E-state index in [4.69, 9.17) is 5.26 Å². The van der Waals surface area contributed by atoms with E-state index >= 15 is 0 Å². The second kappa shape index (κ2) is 4.71. The van der Waals surface area contributed by atoms with E-state index in [9.17, 15) is 8.78 Å². The second-order valence-corrected chi connectivity index (χ2v) is 3.47. The van der Waals surface area contributed by atoms with Crippen molar-refractivity contribution in [2.75, 3.05) is 0 Å². The molecule has 0 saturated carbocycles. The lowest BCUT2D eigenvalue weighted by Gasteiger charge is -2.09. The van der Waals surface area contributed by atoms with E-state index < -0.39 is 17.7 Å². The van der Waals surface area contributed by atoms with E-state index in [0.29, 0.717) is 5.56 Å². The van der Waals surface area contributed by atoms with Gasteiger partial charge in [0.05, 0.1) is 6.07 Å². The largest absolute Gasteiger partial charge is 0.220 e. The number of halogens is 2. The van der Waals surface area contributed by atoms with Crippen LogP contribution in [0.4, 0.5) is 8.78 Å². The average molecular weight is 230 g/mol. The van der Waals surface area contributed by atoms with Crippen LogP contribution in [0.1, 0.15) is 17.2 Å². The molecule has 4 heteroatoms. The first-order valence-corrected chi connectivity index (χ1v) is 4.99. The maximum absolute atomic E-state index is 13.5. The molecule has 1 aromatic heterocycles. The van der Waals surface area contributed by atoms with Gasteiger partial charge >= 0.3 is 0 Å². The Morgan fingerprint density at radius 3 is 2.41 bits per heavy atom. The zero-order valence-corrected chi connectivity index (χ0v) is 8.77. The first-order chi connectivity index (χ1) is 8.22. The molecule has 0 aliphatic rings. The maximum atomic E-state index is 13.5. The van der Waals surface area contributed by atoms with Crippen LogP contribution in [0, 0.1) is 23.1 Å². The summed E-state index contributed by atoms with van der Waals surface area (Å²) >= 11 is 0. The van der Waals surface area contributed by atoms with Crippen LogP contribution in [-0.2, 0) is 0 Å². The van der Waals surface area contributed by atoms with Crippen LogP contribution in [0.2, 0.25) is 0 Å². The summed E-state index contributed by atoms with van der Waals surface area (Å²) in [6.07, 6.45) is 0. The first-order valence-electron chi connectivity index (χ1n) is 4.99. The SMILES string of the molecule is N#CC(c1ccccc1)c1nc(F)ccc1F. The number of rotatable bonds is 2. The molecule has 0 amide bonds. The molecule has 2 aromatic rings. The maximum Gasteiger partial charge on any atom is 0.213 e. The van der Waals surface area contributed by atoms with Gasteiger partial charge in [0.2, 0.25) is 5.95 Å². The highest BCUT2D eigenvalue weighted by molar-refractivity contribution is 5.34. The van der Waals surface area contributed by atoms with Crippen LogP contribution < -0.4 is 0 Å². The van der Waals surface area contributed by atoms with Crippen molar-refractivity contribution in [2.24, 2.45) is 0 Å². The van der Waals surface area contributed by atoms with Gasteiger partial charge in [-0.25, -0.2) is 9.37 Å². The summed E-state index contributed by atoms with van der Waals surface area (Å²) < 4.78 is 26.5. The Morgan fingerprint density at radius 1 is 1.06 bits per heavy atom. The predicted octanol–water partition coefficient (Wildman–Crippen LogP) is 3.02. The monoisotopic (exact) mass is 230 g/mol. The van der Waals surface area contributed by atoms with E-state index in [1.165, 1.54) is 0 Å². The van der Waals surface area contributed by atoms with Gasteiger partial charge in [0.1, 0.15) is 17.4 Å². The molecule has 1 unspecified atom stereocenters. The van der Waals surface area contributed by atoms with E-state index in [1.807, 2.05) is 6.07 Å². The van der Waals surface area contributed by atoms with Gasteiger partial charge in [0, 0.05) is 0 Å². The van der Waals surface area contributed by atoms with Crippen LogP contribution in [0.5, 0.6) is 0 Å². The Morgan fingerprint density at radius 2 is 1.76 bits per heavy atom. The minimum atomic E-state index is -0.896. The standard InChI is InChI=1S/C13H8F2N2/c14-11-6-7-12(15)17-13(11)10(8-16)9-4-2-1-3-5-9/h1-7,10H. The molecule has 0 aliphatic carbocycles. The summed E-state index contributed by atoms with van der Waals surface area (Å²) in [7, 11) is 0. The van der Waals surface area contributed by atoms with Crippen molar-refractivity contribution >= 4 is 0 Å². The molecule has 2 rings (SSSR count). The Balaban J connectivity index is 2.51. The molecule has 17 heavy (non-hydrogen) atoms. The topological polar surface area (TPSA) is 36.7 Å². The van der Waals surface area contributed by atoms with Crippen molar-refractivity contribution < 1.29 is 8.78 Å². The normalized spacial score (nSPS) is 11.8. The molecule has 0 radical (unpaired) electrons. The minimum absolute atomic E-state index is 0.182. The van der Waals surface area contributed by atoms with E-state index in [-0.39, 0.29) is 5.69 Å². The number of hydrogen-bond donors (Lipinski definition) is 0. The molecule has 0 N–H and O–H groups in total. The minimum Gasteiger partial charge on any atom is -0.220 e. The smallest absolute Gasteiger partial charge is 0.213 e. The average Bonchev–Trinajstić information content (AvgIpc) is 2.36. The number of benzene rings is 1. The molecule has 2 nitrogen and oxygen atoms in total. The Hall–Kier alpha value is -2.28. The Labute approximate surface area is 97.2 Å². The molecular formula is C13H8F2N2. The lowest BCUT2D eigenvalue weighted by atomic mass is 9.96. The fraction of sp³-hybridized carbons (Fsp3) is 0.0769. The third-order valence-electron chi connectivity index (χ3n) is 2.37. The van der Waals surface area contributed by atoms with Crippen LogP contribution in [0.15, 0.2) is 42.5 Å². The number of hydrogen-bond acceptors (Lipinski definition) is 2. The third kappa shape index (κ3) is 2.28. The fourth-order valence-corrected chi connectivity index (χ4v) is 1.57. The number of aromatic nitrogens is 1. The summed E-state index contributed by atoms with van der Waals surface area (Å²) in [4.78, 5) is 3.46. The number of nitrogens with zero attached hydrogens (tertiary/aromatic N) is 2. The van der Waals surface area contributed by atoms with Crippen molar-refractivity contribution in [1.82, 2.24) is 4.98 Å². The molecule has 0 aliphatic heterocycles. The summed E-state index contributed by atoms with van der Waals surface area (Å²) in [5.41, 5.74) is 0.408. The van der Waals surface area contributed by atoms with Crippen LogP contribution in [0.25, 0.3) is 0 Å². The highest BCUT2D eigenvalue weighted by atomic mass is 19.1. The van der Waals surface area contributed by atoms with Crippen LogP contribution in [0.3, 0.4) is 0 Å². The molecule has 84 valence electrons. The molecule has 1 heterocycles. The van der Waals surface area contributed by atoms with Crippen molar-refractivity contribution in [1.29, 1.82) is 5.26 Å². The molecule has 0 spiro atoms. The van der Waals surface area contributed by atoms with Crippen molar-refractivity contribution in [3.05, 3.63) is 65.5 Å². The van der Waals surface area contributed by atoms with Crippen LogP contribution >= 0.6 is 0 Å². The van der Waals surface area contributed by atoms with Crippen molar-refractivity contribution in [3.63, 3.8) is 0 Å². The van der Waals surface area contributed by atoms with Crippen molar-refractivity contribution in [3.8, 4) is 6.07 Å². The highest BCUT2D eigenvalue weighted by Crippen LogP contribution is 2.24. The van der Waals surface area contributed by atoms with Crippen molar-refractivity contribution in [2.45, 2.75) is 5.92 Å². The lowest BCUT2D eigenvalue weighted by molar-refractivity contribution is 0.541. The number of nitriles is 1. The number of pyridine rings is 1. The fourth-order valence-electron chi connectivity index (χ4n) is 1.57. The quantitative estimate of drug-likeness (QED) is 0.743. The molecule has 1 atom stereocenters. The summed E-state index contributed by atoms with van der Waals surface area (Å²) in [6.45, 7) is 0. The van der Waals surface area contributed by atoms with Gasteiger partial charge in [-0.3, -0.25) is 0 Å². The summed E-state index contributed by atoms with van der Waals surface area (Å²) in [6, 6.07) is 12.5. The van der Waals surface area contributed by atoms with Gasteiger partial charge in [-0.15, -0.1) is 0 Å². The van der Waals surface area contributed by atoms with Gasteiger partial charge < -0.3 is 0 Å². The van der Waals surface area contributed by atoms with E-state index in [1.54, 1.807) is 30.3 Å². The van der Waals surface area contributed by atoms with E-state index in [0.717, 1.165) is 12.1 Å². The van der Waals surface area contributed by atoms with Gasteiger partial charge in [-0.2, -0.15) is 9.65 Å². The van der Waals surface area contributed by atoms with Gasteiger partial charge in [0.15, 0.2) is 0 Å². The van der Waals surface area contributed by atoms with Crippen LogP contribution in [-0.4, -0.2) is 4.98 Å². The summed E-state index contributed by atoms with van der Waals surface area (Å²) in [5.74, 6) is -2.37. The third-order valence-corrected chi connectivity index (χ3v) is 2.37. The molecule has 1 aromatic carbocycles. The van der Waals surface area contributed by atoms with E-state index in [2.05, 4.69) is 4.98 Å². The molecule has 0 bridgehead atoms. The second-order valence-electron chi connectivity index (χ2n) is 3.47. The molecule has 0 fully saturated rings. The predicted molar refractivity (Wildman–Crippen MR) is 58.1 cm³/mol. The van der Waals surface area contributed by atoms with Gasteiger partial charge in [0.25, 0.3) is 0 Å². The summed E-state index contributed by atoms with van der Waals surface area (Å²) in [5, 5.41) is 9.07.